The van der Waals surface area contributed by atoms with Crippen LogP contribution in [0.4, 0.5) is 0 Å². The van der Waals surface area contributed by atoms with Crippen LogP contribution < -0.4 is 5.56 Å². The smallest absolute Gasteiger partial charge is 0.251 e. The van der Waals surface area contributed by atoms with E-state index in [1.54, 1.807) is 0 Å². The van der Waals surface area contributed by atoms with Gasteiger partial charge in [0.15, 0.2) is 0 Å². The van der Waals surface area contributed by atoms with E-state index in [-0.39, 0.29) is 11.7 Å². The van der Waals surface area contributed by atoms with E-state index < -0.39 is 0 Å². The van der Waals surface area contributed by atoms with E-state index in [2.05, 4.69) is 14.9 Å². The Morgan fingerprint density at radius 3 is 2.77 bits per heavy atom. The summed E-state index contributed by atoms with van der Waals surface area (Å²) in [7, 11) is 0. The summed E-state index contributed by atoms with van der Waals surface area (Å²) in [6.45, 7) is 5.92. The van der Waals surface area contributed by atoms with Crippen molar-refractivity contribution in [3.05, 3.63) is 63.8 Å². The highest BCUT2D eigenvalue weighted by molar-refractivity contribution is 5.65. The van der Waals surface area contributed by atoms with Gasteiger partial charge in [0, 0.05) is 36.8 Å². The molecular formula is C20H21N3O3. The average molecular weight is 351 g/mol. The number of β-amino-alcohol motifs (C(OH)–C–C–N with tert-alkyl or cyclic N) is 1. The van der Waals surface area contributed by atoms with Gasteiger partial charge < -0.3 is 14.5 Å². The van der Waals surface area contributed by atoms with E-state index in [1.807, 2.05) is 44.2 Å². The predicted octanol–water partition coefficient (Wildman–Crippen LogP) is 2.49. The zero-order valence-corrected chi connectivity index (χ0v) is 14.8. The van der Waals surface area contributed by atoms with Crippen LogP contribution in [0.5, 0.6) is 0 Å². The van der Waals surface area contributed by atoms with E-state index in [0.717, 1.165) is 34.8 Å². The number of hydrogen-bond acceptors (Lipinski definition) is 5. The van der Waals surface area contributed by atoms with Gasteiger partial charge in [-0.15, -0.1) is 0 Å². The van der Waals surface area contributed by atoms with E-state index in [4.69, 9.17) is 4.42 Å². The molecule has 0 spiro atoms. The number of benzene rings is 1. The van der Waals surface area contributed by atoms with Gasteiger partial charge in [-0.25, -0.2) is 4.98 Å². The zero-order chi connectivity index (χ0) is 18.3. The molecule has 6 nitrogen and oxygen atoms in total. The monoisotopic (exact) mass is 351 g/mol. The molecular weight excluding hydrogens is 330 g/mol. The molecule has 3 heterocycles. The molecule has 0 unspecified atom stereocenters. The van der Waals surface area contributed by atoms with Crippen molar-refractivity contribution in [1.82, 2.24) is 14.9 Å². The first-order chi connectivity index (χ1) is 12.5. The fraction of sp³-hybridized carbons (Fsp3) is 0.300. The minimum atomic E-state index is -0.213. The van der Waals surface area contributed by atoms with Crippen LogP contribution >= 0.6 is 0 Å². The molecule has 1 fully saturated rings. The molecule has 3 aromatic rings. The number of furan rings is 1. The maximum Gasteiger partial charge on any atom is 0.251 e. The Balaban J connectivity index is 1.67. The van der Waals surface area contributed by atoms with Crippen LogP contribution in [0.2, 0.25) is 0 Å². The van der Waals surface area contributed by atoms with Crippen molar-refractivity contribution in [2.45, 2.75) is 26.5 Å². The SMILES string of the molecule is Cc1cc(-c2cc(=O)[nH]c(-c3cccc(CN4CC(O)C4)c3)n2)c(C)o1. The third-order valence-corrected chi connectivity index (χ3v) is 4.60. The quantitative estimate of drug-likeness (QED) is 0.755. The summed E-state index contributed by atoms with van der Waals surface area (Å²) >= 11 is 0. The van der Waals surface area contributed by atoms with Gasteiger partial charge in [0.1, 0.15) is 17.3 Å². The van der Waals surface area contributed by atoms with Crippen LogP contribution in [-0.4, -0.2) is 39.2 Å². The van der Waals surface area contributed by atoms with Crippen molar-refractivity contribution in [2.24, 2.45) is 0 Å². The first kappa shape index (κ1) is 16.8. The standard InChI is InChI=1S/C20H21N3O3/c1-12-6-17(13(2)26-12)18-8-19(25)22-20(21-18)15-5-3-4-14(7-15)9-23-10-16(24)11-23/h3-8,16,24H,9-11H2,1-2H3,(H,21,22,25). The number of nitrogens with zero attached hydrogens (tertiary/aromatic N) is 2. The van der Waals surface area contributed by atoms with Crippen LogP contribution in [0.1, 0.15) is 17.1 Å². The molecule has 0 atom stereocenters. The molecule has 2 N–H and O–H groups in total. The van der Waals surface area contributed by atoms with Crippen LogP contribution in [0, 0.1) is 13.8 Å². The number of H-pyrrole nitrogens is 1. The summed E-state index contributed by atoms with van der Waals surface area (Å²) in [5.41, 5.74) is 3.23. The normalized spacial score (nSPS) is 15.2. The van der Waals surface area contributed by atoms with Gasteiger partial charge in [-0.05, 0) is 31.5 Å². The summed E-state index contributed by atoms with van der Waals surface area (Å²) in [6.07, 6.45) is -0.213. The molecule has 26 heavy (non-hydrogen) atoms. The van der Waals surface area contributed by atoms with Crippen molar-refractivity contribution in [3.63, 3.8) is 0 Å². The topological polar surface area (TPSA) is 82.4 Å². The summed E-state index contributed by atoms with van der Waals surface area (Å²) in [5, 5.41) is 9.42. The average Bonchev–Trinajstić information content (AvgIpc) is 2.92. The number of aromatic amines is 1. The molecule has 1 aromatic carbocycles. The largest absolute Gasteiger partial charge is 0.466 e. The molecule has 134 valence electrons. The summed E-state index contributed by atoms with van der Waals surface area (Å²) in [4.78, 5) is 21.8. The Bertz CT molecular complexity index is 1000. The number of likely N-dealkylation sites (tertiary alicyclic amines) is 1. The van der Waals surface area contributed by atoms with E-state index in [9.17, 15) is 9.90 Å². The number of aliphatic hydroxyl groups is 1. The summed E-state index contributed by atoms with van der Waals surface area (Å²) in [6, 6.07) is 11.4. The molecule has 2 aromatic heterocycles. The number of hydrogen-bond donors (Lipinski definition) is 2. The Kier molecular flexibility index (Phi) is 4.22. The Morgan fingerprint density at radius 1 is 1.27 bits per heavy atom. The van der Waals surface area contributed by atoms with Crippen LogP contribution in [0.25, 0.3) is 22.6 Å². The minimum absolute atomic E-state index is 0.195. The summed E-state index contributed by atoms with van der Waals surface area (Å²) < 4.78 is 5.57. The van der Waals surface area contributed by atoms with Crippen molar-refractivity contribution in [1.29, 1.82) is 0 Å². The lowest BCUT2D eigenvalue weighted by Gasteiger charge is -2.35. The fourth-order valence-corrected chi connectivity index (χ4v) is 3.36. The molecule has 6 heteroatoms. The highest BCUT2D eigenvalue weighted by atomic mass is 16.3. The first-order valence-corrected chi connectivity index (χ1v) is 8.66. The van der Waals surface area contributed by atoms with E-state index in [0.29, 0.717) is 24.6 Å². The van der Waals surface area contributed by atoms with Crippen molar-refractivity contribution < 1.29 is 9.52 Å². The molecule has 0 amide bonds. The van der Waals surface area contributed by atoms with E-state index in [1.165, 1.54) is 6.07 Å². The molecule has 0 bridgehead atoms. The number of nitrogens with one attached hydrogen (secondary N) is 1. The predicted molar refractivity (Wildman–Crippen MR) is 98.8 cm³/mol. The van der Waals surface area contributed by atoms with Crippen molar-refractivity contribution >= 4 is 0 Å². The third kappa shape index (κ3) is 3.34. The van der Waals surface area contributed by atoms with Crippen molar-refractivity contribution in [2.75, 3.05) is 13.1 Å². The number of aryl methyl sites for hydroxylation is 2. The van der Waals surface area contributed by atoms with Crippen LogP contribution in [0.15, 0.2) is 45.6 Å². The van der Waals surface area contributed by atoms with Gasteiger partial charge in [-0.1, -0.05) is 18.2 Å². The maximum atomic E-state index is 12.2. The molecule has 1 aliphatic rings. The van der Waals surface area contributed by atoms with Gasteiger partial charge >= 0.3 is 0 Å². The minimum Gasteiger partial charge on any atom is -0.466 e. The number of aliphatic hydroxyl groups excluding tert-OH is 1. The molecule has 1 aliphatic heterocycles. The van der Waals surface area contributed by atoms with Gasteiger partial charge in [-0.2, -0.15) is 0 Å². The lowest BCUT2D eigenvalue weighted by molar-refractivity contribution is -0.00285. The Hall–Kier alpha value is -2.70. The number of aromatic nitrogens is 2. The van der Waals surface area contributed by atoms with Gasteiger partial charge in [0.25, 0.3) is 5.56 Å². The Morgan fingerprint density at radius 2 is 2.08 bits per heavy atom. The lowest BCUT2D eigenvalue weighted by Crippen LogP contribution is -2.49. The number of rotatable bonds is 4. The molecule has 0 saturated carbocycles. The van der Waals surface area contributed by atoms with Gasteiger partial charge in [0.2, 0.25) is 0 Å². The maximum absolute atomic E-state index is 12.2. The second-order valence-corrected chi connectivity index (χ2v) is 6.85. The highest BCUT2D eigenvalue weighted by Gasteiger charge is 2.24. The van der Waals surface area contributed by atoms with Gasteiger partial charge in [0.05, 0.1) is 11.8 Å². The van der Waals surface area contributed by atoms with Crippen LogP contribution in [0.3, 0.4) is 0 Å². The molecule has 0 radical (unpaired) electrons. The fourth-order valence-electron chi connectivity index (χ4n) is 3.36. The molecule has 4 rings (SSSR count). The second kappa shape index (κ2) is 6.55. The third-order valence-electron chi connectivity index (χ3n) is 4.60. The molecule has 0 aliphatic carbocycles. The van der Waals surface area contributed by atoms with E-state index >= 15 is 0 Å². The Labute approximate surface area is 151 Å². The zero-order valence-electron chi connectivity index (χ0n) is 14.8. The van der Waals surface area contributed by atoms with Crippen molar-refractivity contribution in [3.8, 4) is 22.6 Å². The molecule has 1 saturated heterocycles. The first-order valence-electron chi connectivity index (χ1n) is 8.66. The highest BCUT2D eigenvalue weighted by Crippen LogP contribution is 2.26. The van der Waals surface area contributed by atoms with Crippen LogP contribution in [-0.2, 0) is 6.54 Å². The van der Waals surface area contributed by atoms with Gasteiger partial charge in [-0.3, -0.25) is 9.69 Å². The second-order valence-electron chi connectivity index (χ2n) is 6.85. The lowest BCUT2D eigenvalue weighted by atomic mass is 10.1. The summed E-state index contributed by atoms with van der Waals surface area (Å²) in [5.74, 6) is 2.08.